The summed E-state index contributed by atoms with van der Waals surface area (Å²) in [5.41, 5.74) is 0. The molecule has 22 heavy (non-hydrogen) atoms. The third kappa shape index (κ3) is 4.20. The van der Waals surface area contributed by atoms with Crippen LogP contribution in [0.2, 0.25) is 5.02 Å². The minimum absolute atomic E-state index is 0.183. The highest BCUT2D eigenvalue weighted by Gasteiger charge is 2.17. The van der Waals surface area contributed by atoms with Gasteiger partial charge in [0.1, 0.15) is 0 Å². The van der Waals surface area contributed by atoms with E-state index in [4.69, 9.17) is 16.7 Å². The Morgan fingerprint density at radius 1 is 0.955 bits per heavy atom. The molecular weight excluding hydrogens is 322 g/mol. The minimum atomic E-state index is -3.55. The first kappa shape index (κ1) is 17.2. The molecule has 0 bridgehead atoms. The highest BCUT2D eigenvalue weighted by atomic mass is 35.5. The van der Waals surface area contributed by atoms with Gasteiger partial charge in [-0.25, -0.2) is 13.1 Å². The molecule has 6 heteroatoms. The van der Waals surface area contributed by atoms with Crippen LogP contribution < -0.4 is 4.72 Å². The van der Waals surface area contributed by atoms with Gasteiger partial charge in [0.15, 0.2) is 0 Å². The quantitative estimate of drug-likeness (QED) is 0.724. The molecule has 2 aromatic carbocycles. The molecule has 0 unspecified atom stereocenters. The number of unbranched alkanes of at least 4 members (excludes halogenated alkanes) is 3. The highest BCUT2D eigenvalue weighted by Crippen LogP contribution is 2.28. The zero-order chi connectivity index (χ0) is 16.0. The van der Waals surface area contributed by atoms with Crippen molar-refractivity contribution >= 4 is 32.4 Å². The van der Waals surface area contributed by atoms with Crippen LogP contribution >= 0.6 is 11.6 Å². The summed E-state index contributed by atoms with van der Waals surface area (Å²) in [4.78, 5) is 0.253. The number of hydrogen-bond donors (Lipinski definition) is 2. The van der Waals surface area contributed by atoms with Gasteiger partial charge in [-0.05, 0) is 25.0 Å². The lowest BCUT2D eigenvalue weighted by molar-refractivity contribution is 0.282. The van der Waals surface area contributed by atoms with Crippen molar-refractivity contribution in [2.45, 2.75) is 30.6 Å². The fourth-order valence-electron chi connectivity index (χ4n) is 2.35. The second kappa shape index (κ2) is 7.92. The Bertz CT molecular complexity index is 731. The molecule has 0 saturated heterocycles. The lowest BCUT2D eigenvalue weighted by atomic mass is 10.1. The summed E-state index contributed by atoms with van der Waals surface area (Å²) in [5, 5.41) is 10.6. The molecule has 0 radical (unpaired) electrons. The third-order valence-electron chi connectivity index (χ3n) is 3.50. The van der Waals surface area contributed by atoms with Crippen molar-refractivity contribution in [1.29, 1.82) is 0 Å². The molecule has 2 aromatic rings. The van der Waals surface area contributed by atoms with Crippen LogP contribution in [0, 0.1) is 0 Å². The van der Waals surface area contributed by atoms with Gasteiger partial charge in [0.25, 0.3) is 0 Å². The topological polar surface area (TPSA) is 66.4 Å². The van der Waals surface area contributed by atoms with Crippen molar-refractivity contribution in [3.05, 3.63) is 41.4 Å². The smallest absolute Gasteiger partial charge is 0.241 e. The van der Waals surface area contributed by atoms with Gasteiger partial charge in [-0.15, -0.1) is 0 Å². The van der Waals surface area contributed by atoms with Gasteiger partial charge >= 0.3 is 0 Å². The summed E-state index contributed by atoms with van der Waals surface area (Å²) in [6.07, 6.45) is 3.31. The Labute approximate surface area is 136 Å². The van der Waals surface area contributed by atoms with Crippen molar-refractivity contribution in [2.24, 2.45) is 0 Å². The predicted octanol–water partition coefficient (Wildman–Crippen LogP) is 3.32. The van der Waals surface area contributed by atoms with Crippen LogP contribution in [-0.2, 0) is 10.0 Å². The van der Waals surface area contributed by atoms with Crippen LogP contribution in [0.25, 0.3) is 10.8 Å². The number of nitrogens with one attached hydrogen (secondary N) is 1. The molecule has 0 fully saturated rings. The van der Waals surface area contributed by atoms with Crippen molar-refractivity contribution in [3.8, 4) is 0 Å². The average Bonchev–Trinajstić information content (AvgIpc) is 2.50. The lowest BCUT2D eigenvalue weighted by Crippen LogP contribution is -2.25. The molecule has 4 nitrogen and oxygen atoms in total. The Kier molecular flexibility index (Phi) is 6.20. The second-order valence-corrected chi connectivity index (χ2v) is 7.27. The highest BCUT2D eigenvalue weighted by molar-refractivity contribution is 7.89. The third-order valence-corrected chi connectivity index (χ3v) is 5.34. The molecule has 0 spiro atoms. The fraction of sp³-hybridized carbons (Fsp3) is 0.375. The van der Waals surface area contributed by atoms with Crippen LogP contribution in [0.4, 0.5) is 0 Å². The predicted molar refractivity (Wildman–Crippen MR) is 89.7 cm³/mol. The monoisotopic (exact) mass is 341 g/mol. The molecule has 0 aliphatic heterocycles. The molecule has 0 saturated carbocycles. The van der Waals surface area contributed by atoms with E-state index in [0.29, 0.717) is 17.0 Å². The molecule has 120 valence electrons. The molecule has 0 aromatic heterocycles. The molecule has 0 heterocycles. The first-order valence-electron chi connectivity index (χ1n) is 7.34. The summed E-state index contributed by atoms with van der Waals surface area (Å²) in [5.74, 6) is 0. The fourth-order valence-corrected chi connectivity index (χ4v) is 3.88. The van der Waals surface area contributed by atoms with Crippen LogP contribution in [-0.4, -0.2) is 26.7 Å². The summed E-state index contributed by atoms with van der Waals surface area (Å²) in [6, 6.07) is 10.4. The minimum Gasteiger partial charge on any atom is -0.396 e. The van der Waals surface area contributed by atoms with Crippen LogP contribution in [0.5, 0.6) is 0 Å². The maximum absolute atomic E-state index is 12.5. The number of benzene rings is 2. The van der Waals surface area contributed by atoms with E-state index < -0.39 is 10.0 Å². The van der Waals surface area contributed by atoms with E-state index in [1.165, 1.54) is 0 Å². The van der Waals surface area contributed by atoms with Gasteiger partial charge in [0, 0.05) is 28.9 Å². The van der Waals surface area contributed by atoms with Crippen molar-refractivity contribution < 1.29 is 13.5 Å². The average molecular weight is 342 g/mol. The zero-order valence-corrected chi connectivity index (χ0v) is 13.8. The van der Waals surface area contributed by atoms with Gasteiger partial charge in [0.2, 0.25) is 10.0 Å². The number of aliphatic hydroxyl groups is 1. The van der Waals surface area contributed by atoms with Crippen molar-refractivity contribution in [1.82, 2.24) is 4.72 Å². The Morgan fingerprint density at radius 3 is 2.41 bits per heavy atom. The first-order chi connectivity index (χ1) is 10.6. The van der Waals surface area contributed by atoms with Gasteiger partial charge < -0.3 is 5.11 Å². The number of aliphatic hydroxyl groups excluding tert-OH is 1. The first-order valence-corrected chi connectivity index (χ1v) is 9.20. The van der Waals surface area contributed by atoms with E-state index >= 15 is 0 Å². The zero-order valence-electron chi connectivity index (χ0n) is 12.3. The Balaban J connectivity index is 2.11. The Morgan fingerprint density at radius 2 is 1.64 bits per heavy atom. The SMILES string of the molecule is O=S(=O)(NCCCCCCO)c1cccc2c(Cl)cccc12. The van der Waals surface area contributed by atoms with Crippen molar-refractivity contribution in [2.75, 3.05) is 13.2 Å². The molecule has 0 aliphatic rings. The number of halogens is 1. The van der Waals surface area contributed by atoms with Crippen LogP contribution in [0.3, 0.4) is 0 Å². The van der Waals surface area contributed by atoms with E-state index in [-0.39, 0.29) is 11.5 Å². The molecule has 2 rings (SSSR count). The Hall–Kier alpha value is -1.14. The standard InChI is InChI=1S/C16H20ClNO3S/c17-15-9-5-8-14-13(15)7-6-10-16(14)22(20,21)18-11-3-1-2-4-12-19/h5-10,18-19H,1-4,11-12H2. The van der Waals surface area contributed by atoms with Gasteiger partial charge in [-0.1, -0.05) is 48.7 Å². The summed E-state index contributed by atoms with van der Waals surface area (Å²) in [6.45, 7) is 0.577. The summed E-state index contributed by atoms with van der Waals surface area (Å²) >= 11 is 6.12. The molecular formula is C16H20ClNO3S. The van der Waals surface area contributed by atoms with E-state index in [2.05, 4.69) is 4.72 Å². The van der Waals surface area contributed by atoms with Gasteiger partial charge in [-0.2, -0.15) is 0 Å². The normalized spacial score (nSPS) is 11.9. The van der Waals surface area contributed by atoms with E-state index in [1.54, 1.807) is 30.3 Å². The van der Waals surface area contributed by atoms with E-state index in [0.717, 1.165) is 31.1 Å². The number of sulfonamides is 1. The van der Waals surface area contributed by atoms with Gasteiger partial charge in [-0.3, -0.25) is 0 Å². The molecule has 0 atom stereocenters. The van der Waals surface area contributed by atoms with Crippen LogP contribution in [0.1, 0.15) is 25.7 Å². The number of rotatable bonds is 8. The van der Waals surface area contributed by atoms with E-state index in [1.807, 2.05) is 6.07 Å². The maximum Gasteiger partial charge on any atom is 0.241 e. The molecule has 0 amide bonds. The number of hydrogen-bond acceptors (Lipinski definition) is 3. The molecule has 0 aliphatic carbocycles. The summed E-state index contributed by atoms with van der Waals surface area (Å²) < 4.78 is 27.5. The lowest BCUT2D eigenvalue weighted by Gasteiger charge is -2.10. The molecule has 2 N–H and O–H groups in total. The summed E-state index contributed by atoms with van der Waals surface area (Å²) in [7, 11) is -3.55. The van der Waals surface area contributed by atoms with Gasteiger partial charge in [0.05, 0.1) is 4.90 Å². The largest absolute Gasteiger partial charge is 0.396 e. The van der Waals surface area contributed by atoms with E-state index in [9.17, 15) is 8.42 Å². The van der Waals surface area contributed by atoms with Crippen LogP contribution in [0.15, 0.2) is 41.3 Å². The number of fused-ring (bicyclic) bond motifs is 1. The second-order valence-electron chi connectivity index (χ2n) is 5.13. The van der Waals surface area contributed by atoms with Crippen molar-refractivity contribution in [3.63, 3.8) is 0 Å². The maximum atomic E-state index is 12.5.